The van der Waals surface area contributed by atoms with E-state index in [9.17, 15) is 0 Å². The summed E-state index contributed by atoms with van der Waals surface area (Å²) in [5.41, 5.74) is 4.49. The first-order valence-electron chi connectivity index (χ1n) is 8.91. The zero-order valence-corrected chi connectivity index (χ0v) is 15.0. The average molecular weight is 336 g/mol. The van der Waals surface area contributed by atoms with Crippen molar-refractivity contribution in [3.05, 3.63) is 48.0 Å². The third-order valence-corrected chi connectivity index (χ3v) is 4.87. The van der Waals surface area contributed by atoms with Gasteiger partial charge in [-0.05, 0) is 43.0 Å². The number of fused-ring (bicyclic) bond motifs is 1. The lowest BCUT2D eigenvalue weighted by Crippen LogP contribution is -2.30. The van der Waals surface area contributed by atoms with Crippen molar-refractivity contribution >= 4 is 22.4 Å². The second-order valence-corrected chi connectivity index (χ2v) is 7.01. The molecule has 0 bridgehead atoms. The molecule has 5 nitrogen and oxygen atoms in total. The molecule has 1 N–H and O–H groups in total. The van der Waals surface area contributed by atoms with Crippen molar-refractivity contribution in [2.24, 2.45) is 0 Å². The first-order valence-corrected chi connectivity index (χ1v) is 8.91. The number of hydrogen-bond acceptors (Lipinski definition) is 4. The highest BCUT2D eigenvalue weighted by atomic mass is 16.5. The quantitative estimate of drug-likeness (QED) is 0.750. The summed E-state index contributed by atoms with van der Waals surface area (Å²) in [5.74, 6) is 1.23. The number of nitrogens with zero attached hydrogens (tertiary/aromatic N) is 3. The van der Waals surface area contributed by atoms with Gasteiger partial charge in [0, 0.05) is 37.1 Å². The van der Waals surface area contributed by atoms with Crippen LogP contribution in [0, 0.1) is 6.92 Å². The van der Waals surface area contributed by atoms with E-state index in [1.165, 1.54) is 11.1 Å². The fraction of sp³-hybridized carbons (Fsp3) is 0.400. The van der Waals surface area contributed by atoms with Crippen LogP contribution < -0.4 is 5.32 Å². The summed E-state index contributed by atoms with van der Waals surface area (Å²) in [6.07, 6.45) is 7.34. The van der Waals surface area contributed by atoms with Gasteiger partial charge in [0.15, 0.2) is 0 Å². The molecule has 0 aromatic carbocycles. The number of hydrogen-bond donors (Lipinski definition) is 1. The van der Waals surface area contributed by atoms with Crippen LogP contribution in [-0.4, -0.2) is 27.2 Å². The predicted octanol–water partition coefficient (Wildman–Crippen LogP) is 4.40. The second-order valence-electron chi connectivity index (χ2n) is 7.01. The number of anilines is 2. The molecule has 1 saturated heterocycles. The van der Waals surface area contributed by atoms with E-state index in [1.807, 2.05) is 18.5 Å². The zero-order valence-electron chi connectivity index (χ0n) is 15.0. The number of rotatable bonds is 5. The first-order chi connectivity index (χ1) is 12.1. The van der Waals surface area contributed by atoms with Crippen LogP contribution in [0.3, 0.4) is 0 Å². The summed E-state index contributed by atoms with van der Waals surface area (Å²) in [6, 6.07) is 6.23. The molecule has 25 heavy (non-hydrogen) atoms. The third kappa shape index (κ3) is 3.00. The molecule has 0 saturated carbocycles. The topological polar surface area (TPSA) is 52.0 Å². The van der Waals surface area contributed by atoms with Crippen molar-refractivity contribution in [3.63, 3.8) is 0 Å². The molecule has 130 valence electrons. The second kappa shape index (κ2) is 6.48. The van der Waals surface area contributed by atoms with Crippen LogP contribution in [0.2, 0.25) is 0 Å². The van der Waals surface area contributed by atoms with Crippen LogP contribution in [0.15, 0.2) is 36.8 Å². The fourth-order valence-corrected chi connectivity index (χ4v) is 3.33. The van der Waals surface area contributed by atoms with Gasteiger partial charge in [0.05, 0.1) is 23.0 Å². The van der Waals surface area contributed by atoms with Crippen LogP contribution in [0.5, 0.6) is 0 Å². The molecule has 3 aromatic rings. The molecule has 0 spiro atoms. The third-order valence-electron chi connectivity index (χ3n) is 4.87. The van der Waals surface area contributed by atoms with E-state index in [0.717, 1.165) is 42.2 Å². The van der Waals surface area contributed by atoms with Gasteiger partial charge in [0.2, 0.25) is 0 Å². The standard InChI is InChI=1S/C20H24N4O/c1-13(2)18-19(14(3)4-8-21-18)23-20-16-6-10-24(12-15-7-11-25-15)17(16)5-9-22-20/h4-6,8-10,13,15H,7,11-12H2,1-3H3,(H,22,23). The first kappa shape index (κ1) is 16.1. The summed E-state index contributed by atoms with van der Waals surface area (Å²) in [6.45, 7) is 8.22. The molecule has 4 heterocycles. The lowest BCUT2D eigenvalue weighted by atomic mass is 10.0. The minimum atomic E-state index is 0.341. The van der Waals surface area contributed by atoms with Gasteiger partial charge in [-0.25, -0.2) is 4.98 Å². The highest BCUT2D eigenvalue weighted by Gasteiger charge is 2.20. The van der Waals surface area contributed by atoms with E-state index >= 15 is 0 Å². The van der Waals surface area contributed by atoms with Crippen molar-refractivity contribution in [2.45, 2.75) is 45.8 Å². The molecular formula is C20H24N4O. The Balaban J connectivity index is 1.71. The lowest BCUT2D eigenvalue weighted by Gasteiger charge is -2.27. The minimum absolute atomic E-state index is 0.341. The summed E-state index contributed by atoms with van der Waals surface area (Å²) in [7, 11) is 0. The smallest absolute Gasteiger partial charge is 0.139 e. The van der Waals surface area contributed by atoms with E-state index in [4.69, 9.17) is 4.74 Å². The molecule has 1 unspecified atom stereocenters. The fourth-order valence-electron chi connectivity index (χ4n) is 3.33. The maximum absolute atomic E-state index is 5.58. The van der Waals surface area contributed by atoms with Gasteiger partial charge in [-0.3, -0.25) is 4.98 Å². The van der Waals surface area contributed by atoms with Crippen molar-refractivity contribution in [1.82, 2.24) is 14.5 Å². The number of pyridine rings is 2. The molecule has 1 aliphatic rings. The van der Waals surface area contributed by atoms with Crippen LogP contribution in [0.25, 0.3) is 10.9 Å². The average Bonchev–Trinajstić information content (AvgIpc) is 2.96. The molecule has 0 radical (unpaired) electrons. The molecule has 1 atom stereocenters. The Morgan fingerprint density at radius 1 is 1.24 bits per heavy atom. The summed E-state index contributed by atoms with van der Waals surface area (Å²) in [4.78, 5) is 9.15. The lowest BCUT2D eigenvalue weighted by molar-refractivity contribution is -0.0586. The van der Waals surface area contributed by atoms with Crippen LogP contribution in [0.4, 0.5) is 11.5 Å². The van der Waals surface area contributed by atoms with Gasteiger partial charge in [-0.2, -0.15) is 0 Å². The molecule has 1 aliphatic heterocycles. The number of aromatic nitrogens is 3. The Bertz CT molecular complexity index is 896. The van der Waals surface area contributed by atoms with Crippen molar-refractivity contribution in [1.29, 1.82) is 0 Å². The van der Waals surface area contributed by atoms with Gasteiger partial charge in [0.25, 0.3) is 0 Å². The predicted molar refractivity (Wildman–Crippen MR) is 100 cm³/mol. The van der Waals surface area contributed by atoms with Crippen LogP contribution in [-0.2, 0) is 11.3 Å². The van der Waals surface area contributed by atoms with E-state index in [0.29, 0.717) is 12.0 Å². The van der Waals surface area contributed by atoms with Gasteiger partial charge in [-0.1, -0.05) is 13.8 Å². The van der Waals surface area contributed by atoms with Crippen molar-refractivity contribution in [3.8, 4) is 0 Å². The molecule has 4 rings (SSSR count). The van der Waals surface area contributed by atoms with Gasteiger partial charge < -0.3 is 14.6 Å². The Morgan fingerprint density at radius 3 is 2.76 bits per heavy atom. The van der Waals surface area contributed by atoms with E-state index in [1.54, 1.807) is 0 Å². The van der Waals surface area contributed by atoms with E-state index in [2.05, 4.69) is 59.0 Å². The van der Waals surface area contributed by atoms with E-state index in [-0.39, 0.29) is 0 Å². The summed E-state index contributed by atoms with van der Waals surface area (Å²) in [5, 5.41) is 4.67. The Morgan fingerprint density at radius 2 is 2.04 bits per heavy atom. The molecular weight excluding hydrogens is 312 g/mol. The van der Waals surface area contributed by atoms with Crippen LogP contribution in [0.1, 0.15) is 37.4 Å². The van der Waals surface area contributed by atoms with Gasteiger partial charge in [0.1, 0.15) is 5.82 Å². The van der Waals surface area contributed by atoms with Crippen molar-refractivity contribution in [2.75, 3.05) is 11.9 Å². The monoisotopic (exact) mass is 336 g/mol. The maximum atomic E-state index is 5.58. The Hall–Kier alpha value is -2.40. The normalized spacial score (nSPS) is 17.0. The molecule has 1 fully saturated rings. The largest absolute Gasteiger partial charge is 0.376 e. The maximum Gasteiger partial charge on any atom is 0.139 e. The SMILES string of the molecule is Cc1ccnc(C(C)C)c1Nc1nccc2c1ccn2CC1CCO1. The summed E-state index contributed by atoms with van der Waals surface area (Å²) >= 11 is 0. The zero-order chi connectivity index (χ0) is 17.4. The minimum Gasteiger partial charge on any atom is -0.376 e. The molecule has 5 heteroatoms. The molecule has 0 amide bonds. The molecule has 3 aromatic heterocycles. The summed E-state index contributed by atoms with van der Waals surface area (Å²) < 4.78 is 7.83. The van der Waals surface area contributed by atoms with Gasteiger partial charge in [-0.15, -0.1) is 0 Å². The number of ether oxygens (including phenoxy) is 1. The number of nitrogens with one attached hydrogen (secondary N) is 1. The highest BCUT2D eigenvalue weighted by Crippen LogP contribution is 2.31. The van der Waals surface area contributed by atoms with E-state index < -0.39 is 0 Å². The Labute approximate surface area is 148 Å². The Kier molecular flexibility index (Phi) is 4.17. The molecule has 0 aliphatic carbocycles. The van der Waals surface area contributed by atoms with Crippen molar-refractivity contribution < 1.29 is 4.74 Å². The highest BCUT2D eigenvalue weighted by molar-refractivity contribution is 5.92. The number of aryl methyl sites for hydroxylation is 1. The van der Waals surface area contributed by atoms with Crippen LogP contribution >= 0.6 is 0 Å². The van der Waals surface area contributed by atoms with Gasteiger partial charge >= 0.3 is 0 Å².